The molecule has 0 bridgehead atoms. The zero-order valence-electron chi connectivity index (χ0n) is 10.2. The summed E-state index contributed by atoms with van der Waals surface area (Å²) < 4.78 is 0. The predicted molar refractivity (Wildman–Crippen MR) is 69.9 cm³/mol. The van der Waals surface area contributed by atoms with Gasteiger partial charge in [0.1, 0.15) is 0 Å². The van der Waals surface area contributed by atoms with Crippen molar-refractivity contribution in [2.45, 2.75) is 25.0 Å². The molecule has 0 saturated carbocycles. The predicted octanol–water partition coefficient (Wildman–Crippen LogP) is 0.775. The molecule has 0 aromatic carbocycles. The van der Waals surface area contributed by atoms with Gasteiger partial charge in [-0.15, -0.1) is 0 Å². The van der Waals surface area contributed by atoms with E-state index < -0.39 is 0 Å². The van der Waals surface area contributed by atoms with E-state index in [1.165, 1.54) is 12.8 Å². The molecule has 3 rings (SSSR count). The van der Waals surface area contributed by atoms with Crippen LogP contribution >= 0.6 is 11.6 Å². The van der Waals surface area contributed by atoms with Gasteiger partial charge in [0, 0.05) is 13.1 Å². The van der Waals surface area contributed by atoms with E-state index in [1.807, 2.05) is 4.90 Å². The summed E-state index contributed by atoms with van der Waals surface area (Å²) in [6.07, 6.45) is 5.35. The van der Waals surface area contributed by atoms with E-state index in [2.05, 4.69) is 14.9 Å². The Morgan fingerprint density at radius 1 is 1.17 bits per heavy atom. The molecule has 0 unspecified atom stereocenters. The highest BCUT2D eigenvalue weighted by atomic mass is 35.5. The number of β-amino-alcohol motifs (C(OH)–C–C–N with tert-alkyl or cyclic N) is 1. The lowest BCUT2D eigenvalue weighted by Gasteiger charge is -2.25. The Morgan fingerprint density at radius 2 is 1.83 bits per heavy atom. The molecule has 18 heavy (non-hydrogen) atoms. The average Bonchev–Trinajstić information content (AvgIpc) is 2.99. The minimum absolute atomic E-state index is 0.215. The first-order valence-corrected chi connectivity index (χ1v) is 6.76. The molecule has 1 aromatic heterocycles. The summed E-state index contributed by atoms with van der Waals surface area (Å²) >= 11 is 5.78. The van der Waals surface area contributed by atoms with Gasteiger partial charge in [0.05, 0.1) is 29.6 Å². The van der Waals surface area contributed by atoms with E-state index in [1.54, 1.807) is 12.4 Å². The maximum absolute atomic E-state index is 10.2. The Morgan fingerprint density at radius 3 is 2.50 bits per heavy atom. The molecular formula is C12H17ClN4O. The van der Waals surface area contributed by atoms with Crippen LogP contribution in [0.15, 0.2) is 12.4 Å². The molecule has 2 saturated heterocycles. The second-order valence-electron chi connectivity index (χ2n) is 4.98. The fourth-order valence-electron chi connectivity index (χ4n) is 2.83. The third-order valence-electron chi connectivity index (χ3n) is 3.76. The van der Waals surface area contributed by atoms with Crippen LogP contribution in [0.25, 0.3) is 0 Å². The number of hydrogen-bond donors (Lipinski definition) is 1. The van der Waals surface area contributed by atoms with E-state index in [9.17, 15) is 5.11 Å². The number of halogens is 1. The summed E-state index contributed by atoms with van der Waals surface area (Å²) in [6.45, 7) is 3.58. The van der Waals surface area contributed by atoms with Gasteiger partial charge in [-0.2, -0.15) is 0 Å². The number of hydrogen-bond acceptors (Lipinski definition) is 5. The Labute approximate surface area is 111 Å². The minimum Gasteiger partial charge on any atom is -0.390 e. The quantitative estimate of drug-likeness (QED) is 0.859. The Kier molecular flexibility index (Phi) is 3.37. The van der Waals surface area contributed by atoms with Gasteiger partial charge >= 0.3 is 0 Å². The lowest BCUT2D eigenvalue weighted by molar-refractivity contribution is 0.0986. The third-order valence-corrected chi connectivity index (χ3v) is 3.95. The van der Waals surface area contributed by atoms with Crippen LogP contribution in [0.1, 0.15) is 12.8 Å². The van der Waals surface area contributed by atoms with Gasteiger partial charge in [-0.05, 0) is 25.9 Å². The van der Waals surface area contributed by atoms with Gasteiger partial charge < -0.3 is 10.0 Å². The summed E-state index contributed by atoms with van der Waals surface area (Å²) in [4.78, 5) is 12.8. The van der Waals surface area contributed by atoms with Crippen LogP contribution in [0.2, 0.25) is 5.02 Å². The molecule has 5 nitrogen and oxygen atoms in total. The number of aromatic nitrogens is 2. The van der Waals surface area contributed by atoms with Crippen molar-refractivity contribution >= 4 is 17.5 Å². The van der Waals surface area contributed by atoms with Crippen LogP contribution in [0.3, 0.4) is 0 Å². The van der Waals surface area contributed by atoms with E-state index in [4.69, 9.17) is 11.6 Å². The summed E-state index contributed by atoms with van der Waals surface area (Å²) in [5.41, 5.74) is 0. The van der Waals surface area contributed by atoms with Gasteiger partial charge in [0.15, 0.2) is 0 Å². The van der Waals surface area contributed by atoms with E-state index in [0.717, 1.165) is 19.6 Å². The number of aliphatic hydroxyl groups is 1. The largest absolute Gasteiger partial charge is 0.390 e. The smallest absolute Gasteiger partial charge is 0.225 e. The third kappa shape index (κ3) is 2.30. The number of rotatable bonds is 2. The highest BCUT2D eigenvalue weighted by Gasteiger charge is 2.37. The zero-order chi connectivity index (χ0) is 12.5. The van der Waals surface area contributed by atoms with Crippen molar-refractivity contribution in [3.05, 3.63) is 17.4 Å². The van der Waals surface area contributed by atoms with Crippen LogP contribution < -0.4 is 4.90 Å². The molecule has 6 heteroatoms. The van der Waals surface area contributed by atoms with Crippen molar-refractivity contribution in [3.8, 4) is 0 Å². The lowest BCUT2D eigenvalue weighted by Crippen LogP contribution is -2.41. The second-order valence-corrected chi connectivity index (χ2v) is 5.42. The molecule has 2 aliphatic heterocycles. The monoisotopic (exact) mass is 268 g/mol. The molecule has 0 radical (unpaired) electrons. The number of aliphatic hydroxyl groups excluding tert-OH is 1. The fraction of sp³-hybridized carbons (Fsp3) is 0.667. The number of anilines is 1. The van der Waals surface area contributed by atoms with Crippen molar-refractivity contribution in [1.82, 2.24) is 14.9 Å². The van der Waals surface area contributed by atoms with Crippen LogP contribution in [0.5, 0.6) is 0 Å². The number of likely N-dealkylation sites (tertiary alicyclic amines) is 1. The van der Waals surface area contributed by atoms with Gasteiger partial charge in [0.25, 0.3) is 0 Å². The van der Waals surface area contributed by atoms with Crippen molar-refractivity contribution < 1.29 is 5.11 Å². The SMILES string of the molecule is O[C@@H]1CN(c2ncc(Cl)cn2)C[C@H]1N1CCCC1. The standard InChI is InChI=1S/C12H17ClN4O/c13-9-5-14-12(15-6-9)17-7-10(11(18)8-17)16-3-1-2-4-16/h5-6,10-11,18H,1-4,7-8H2/t10-,11-/m1/s1. The first-order valence-electron chi connectivity index (χ1n) is 6.38. The average molecular weight is 269 g/mol. The topological polar surface area (TPSA) is 52.5 Å². The van der Waals surface area contributed by atoms with Gasteiger partial charge in [-0.25, -0.2) is 9.97 Å². The van der Waals surface area contributed by atoms with Crippen molar-refractivity contribution in [3.63, 3.8) is 0 Å². The van der Waals surface area contributed by atoms with Crippen LogP contribution in [-0.2, 0) is 0 Å². The highest BCUT2D eigenvalue weighted by Crippen LogP contribution is 2.23. The molecule has 0 amide bonds. The van der Waals surface area contributed by atoms with Crippen LogP contribution in [-0.4, -0.2) is 58.3 Å². The van der Waals surface area contributed by atoms with Crippen molar-refractivity contribution in [2.75, 3.05) is 31.1 Å². The summed E-state index contributed by atoms with van der Waals surface area (Å²) in [7, 11) is 0. The molecule has 0 spiro atoms. The summed E-state index contributed by atoms with van der Waals surface area (Å²) in [6, 6.07) is 0.215. The molecule has 2 aliphatic rings. The Hall–Kier alpha value is -0.910. The molecule has 98 valence electrons. The van der Waals surface area contributed by atoms with Gasteiger partial charge in [-0.3, -0.25) is 4.90 Å². The fourth-order valence-corrected chi connectivity index (χ4v) is 2.93. The first-order chi connectivity index (χ1) is 8.74. The number of nitrogens with zero attached hydrogens (tertiary/aromatic N) is 4. The van der Waals surface area contributed by atoms with Gasteiger partial charge in [0.2, 0.25) is 5.95 Å². The minimum atomic E-state index is -0.317. The van der Waals surface area contributed by atoms with E-state index >= 15 is 0 Å². The van der Waals surface area contributed by atoms with Crippen molar-refractivity contribution in [1.29, 1.82) is 0 Å². The maximum atomic E-state index is 10.2. The lowest BCUT2D eigenvalue weighted by atomic mass is 10.2. The molecule has 1 N–H and O–H groups in total. The molecule has 3 heterocycles. The Balaban J connectivity index is 1.71. The zero-order valence-corrected chi connectivity index (χ0v) is 10.9. The molecular weight excluding hydrogens is 252 g/mol. The highest BCUT2D eigenvalue weighted by molar-refractivity contribution is 6.30. The van der Waals surface area contributed by atoms with Crippen LogP contribution in [0, 0.1) is 0 Å². The van der Waals surface area contributed by atoms with E-state index in [-0.39, 0.29) is 12.1 Å². The van der Waals surface area contributed by atoms with Gasteiger partial charge in [-0.1, -0.05) is 11.6 Å². The first kappa shape index (κ1) is 12.1. The summed E-state index contributed by atoms with van der Waals surface area (Å²) in [5, 5.41) is 10.7. The summed E-state index contributed by atoms with van der Waals surface area (Å²) in [5.74, 6) is 0.653. The molecule has 2 fully saturated rings. The maximum Gasteiger partial charge on any atom is 0.225 e. The molecule has 2 atom stereocenters. The second kappa shape index (κ2) is 4.99. The molecule has 0 aliphatic carbocycles. The van der Waals surface area contributed by atoms with Crippen LogP contribution in [0.4, 0.5) is 5.95 Å². The molecule has 1 aromatic rings. The van der Waals surface area contributed by atoms with Crippen molar-refractivity contribution in [2.24, 2.45) is 0 Å². The normalized spacial score (nSPS) is 29.1. The Bertz CT molecular complexity index is 407. The van der Waals surface area contributed by atoms with E-state index in [0.29, 0.717) is 17.5 Å².